The highest BCUT2D eigenvalue weighted by molar-refractivity contribution is 5.64. The lowest BCUT2D eigenvalue weighted by atomic mass is 9.74. The fourth-order valence-electron chi connectivity index (χ4n) is 6.69. The number of allylic oxidation sites excluding steroid dienone is 2. The number of pyridine rings is 1. The van der Waals surface area contributed by atoms with E-state index in [1.807, 2.05) is 53.2 Å². The third kappa shape index (κ3) is 4.62. The minimum Gasteiger partial charge on any atom is -0.371 e. The molecule has 8 nitrogen and oxygen atoms in total. The van der Waals surface area contributed by atoms with Crippen LogP contribution in [0.1, 0.15) is 51.3 Å². The van der Waals surface area contributed by atoms with E-state index in [1.165, 1.54) is 5.57 Å². The van der Waals surface area contributed by atoms with Crippen LogP contribution in [-0.4, -0.2) is 26.7 Å². The summed E-state index contributed by atoms with van der Waals surface area (Å²) in [5.74, 6) is 1.71. The number of anilines is 1. The molecule has 0 radical (unpaired) electrons. The van der Waals surface area contributed by atoms with Gasteiger partial charge in [0.25, 0.3) is 5.56 Å². The van der Waals surface area contributed by atoms with E-state index in [-0.39, 0.29) is 23.1 Å². The summed E-state index contributed by atoms with van der Waals surface area (Å²) < 4.78 is 3.60. The first-order valence-corrected chi connectivity index (χ1v) is 14.1. The summed E-state index contributed by atoms with van der Waals surface area (Å²) in [7, 11) is 1.77. The van der Waals surface area contributed by atoms with Gasteiger partial charge in [-0.3, -0.25) is 24.3 Å². The van der Waals surface area contributed by atoms with Crippen molar-refractivity contribution in [1.29, 1.82) is 5.41 Å². The summed E-state index contributed by atoms with van der Waals surface area (Å²) in [5.41, 5.74) is 3.86. The lowest BCUT2D eigenvalue weighted by Crippen LogP contribution is -2.59. The molecule has 3 heterocycles. The summed E-state index contributed by atoms with van der Waals surface area (Å²) in [6.45, 7) is 5.24. The van der Waals surface area contributed by atoms with E-state index >= 15 is 0 Å². The highest BCUT2D eigenvalue weighted by atomic mass is 16.1. The number of nitrogens with zero attached hydrogens (tertiary/aromatic N) is 4. The van der Waals surface area contributed by atoms with Crippen molar-refractivity contribution >= 4 is 17.1 Å². The number of para-hydroxylation sites is 1. The Morgan fingerprint density at radius 3 is 2.64 bits per heavy atom. The van der Waals surface area contributed by atoms with Gasteiger partial charge in [-0.05, 0) is 73.3 Å². The zero-order chi connectivity index (χ0) is 27.1. The summed E-state index contributed by atoms with van der Waals surface area (Å²) in [6.07, 6.45) is 8.26. The Kier molecular flexibility index (Phi) is 6.71. The van der Waals surface area contributed by atoms with Gasteiger partial charge in [0.2, 0.25) is 5.62 Å². The number of aromatic nitrogens is 3. The van der Waals surface area contributed by atoms with E-state index in [0.717, 1.165) is 37.1 Å². The Hall–Kier alpha value is -3.94. The van der Waals surface area contributed by atoms with Crippen LogP contribution < -0.4 is 32.5 Å². The van der Waals surface area contributed by atoms with Crippen LogP contribution >= 0.6 is 0 Å². The van der Waals surface area contributed by atoms with Gasteiger partial charge in [0, 0.05) is 25.5 Å². The molecule has 3 aromatic rings. The van der Waals surface area contributed by atoms with Gasteiger partial charge in [-0.15, -0.1) is 0 Å². The van der Waals surface area contributed by atoms with Crippen LogP contribution in [-0.2, 0) is 7.05 Å². The van der Waals surface area contributed by atoms with Gasteiger partial charge in [-0.25, -0.2) is 4.99 Å². The van der Waals surface area contributed by atoms with E-state index in [9.17, 15) is 10.2 Å². The second-order valence-electron chi connectivity index (χ2n) is 11.3. The van der Waals surface area contributed by atoms with Crippen molar-refractivity contribution in [2.24, 2.45) is 29.8 Å². The zero-order valence-electron chi connectivity index (χ0n) is 22.9. The molecule has 1 aromatic carbocycles. The molecule has 1 aliphatic heterocycles. The molecule has 0 bridgehead atoms. The van der Waals surface area contributed by atoms with Crippen LogP contribution in [0.5, 0.6) is 0 Å². The van der Waals surface area contributed by atoms with Crippen LogP contribution in [0.2, 0.25) is 0 Å². The smallest absolute Gasteiger partial charge is 0.267 e. The molecule has 3 aliphatic rings. The average Bonchev–Trinajstić information content (AvgIpc) is 3.54. The third-order valence-electron chi connectivity index (χ3n) is 8.78. The van der Waals surface area contributed by atoms with Crippen LogP contribution in [0.15, 0.2) is 70.6 Å². The van der Waals surface area contributed by atoms with Gasteiger partial charge in [0.15, 0.2) is 0 Å². The van der Waals surface area contributed by atoms with Crippen LogP contribution in [0.25, 0.3) is 11.4 Å². The summed E-state index contributed by atoms with van der Waals surface area (Å²) in [5, 5.41) is 16.7. The predicted molar refractivity (Wildman–Crippen MR) is 153 cm³/mol. The molecular weight excluding hydrogens is 486 g/mol. The Morgan fingerprint density at radius 1 is 1.10 bits per heavy atom. The zero-order valence-corrected chi connectivity index (χ0v) is 22.9. The topological polar surface area (TPSA) is 100 Å². The minimum absolute atomic E-state index is 0.157. The molecular formula is C31H37N7O. The molecule has 0 saturated heterocycles. The molecule has 2 aliphatic carbocycles. The van der Waals surface area contributed by atoms with Gasteiger partial charge >= 0.3 is 0 Å². The normalized spacial score (nSPS) is 26.2. The molecule has 3 N–H and O–H groups in total. The fraction of sp³-hybridized carbons (Fsp3) is 0.419. The molecule has 0 spiro atoms. The molecule has 2 aromatic heterocycles. The molecule has 6 rings (SSSR count). The van der Waals surface area contributed by atoms with Gasteiger partial charge < -0.3 is 10.6 Å². The Balaban J connectivity index is 1.39. The molecule has 1 unspecified atom stereocenters. The first-order valence-electron chi connectivity index (χ1n) is 14.1. The molecule has 8 heteroatoms. The molecule has 0 amide bonds. The van der Waals surface area contributed by atoms with E-state index < -0.39 is 0 Å². The highest BCUT2D eigenvalue weighted by Crippen LogP contribution is 2.37. The Labute approximate surface area is 228 Å². The predicted octanol–water partition coefficient (Wildman–Crippen LogP) is 2.93. The number of benzene rings is 1. The monoisotopic (exact) mass is 523 g/mol. The molecule has 202 valence electrons. The maximum Gasteiger partial charge on any atom is 0.267 e. The van der Waals surface area contributed by atoms with Crippen molar-refractivity contribution in [3.63, 3.8) is 0 Å². The average molecular weight is 524 g/mol. The largest absolute Gasteiger partial charge is 0.371 e. The minimum atomic E-state index is -0.206. The summed E-state index contributed by atoms with van der Waals surface area (Å²) in [4.78, 5) is 23.1. The second-order valence-corrected chi connectivity index (χ2v) is 11.3. The first kappa shape index (κ1) is 25.3. The standard InChI is InChI=1S/C31H37N7O/c1-19-16-21(24-12-7-8-15-33-24)17-20(2)23(19)18-34-29(35-22-10-5-4-6-11-22)27-28(32)38-26-14-9-13-25(26)36-31(38)37(3)30(27)39/h4-8,10-12,15-16,19-20,23,25-26,32,34-35H,9,13-14,17-18H2,1-3H3/b29-27-,32-28?/t19-,20?,23+,25+,26-/m0/s1. The van der Waals surface area contributed by atoms with Gasteiger partial charge in [0.05, 0.1) is 17.8 Å². The number of hydrogen-bond donors (Lipinski definition) is 3. The number of nitrogens with one attached hydrogen (secondary N) is 3. The van der Waals surface area contributed by atoms with E-state index in [1.54, 1.807) is 11.6 Å². The van der Waals surface area contributed by atoms with Crippen LogP contribution in [0.3, 0.4) is 0 Å². The van der Waals surface area contributed by atoms with Gasteiger partial charge in [0.1, 0.15) is 16.5 Å². The van der Waals surface area contributed by atoms with Gasteiger partial charge in [-0.1, -0.05) is 44.2 Å². The molecule has 1 saturated carbocycles. The van der Waals surface area contributed by atoms with E-state index in [2.05, 4.69) is 41.6 Å². The molecule has 39 heavy (non-hydrogen) atoms. The highest BCUT2D eigenvalue weighted by Gasteiger charge is 2.35. The summed E-state index contributed by atoms with van der Waals surface area (Å²) >= 11 is 0. The quantitative estimate of drug-likeness (QED) is 0.463. The van der Waals surface area contributed by atoms with Gasteiger partial charge in [-0.2, -0.15) is 0 Å². The lowest BCUT2D eigenvalue weighted by molar-refractivity contribution is 0.282. The second kappa shape index (κ2) is 10.3. The van der Waals surface area contributed by atoms with Crippen LogP contribution in [0, 0.1) is 23.2 Å². The number of hydrogen-bond acceptors (Lipinski definition) is 6. The van der Waals surface area contributed by atoms with Crippen molar-refractivity contribution in [3.8, 4) is 0 Å². The van der Waals surface area contributed by atoms with E-state index in [0.29, 0.717) is 41.0 Å². The first-order chi connectivity index (χ1) is 18.9. The fourth-order valence-corrected chi connectivity index (χ4v) is 6.69. The maximum atomic E-state index is 13.7. The van der Waals surface area contributed by atoms with E-state index in [4.69, 9.17) is 4.99 Å². The summed E-state index contributed by atoms with van der Waals surface area (Å²) in [6, 6.07) is 16.3. The van der Waals surface area contributed by atoms with Crippen molar-refractivity contribution < 1.29 is 0 Å². The van der Waals surface area contributed by atoms with Crippen molar-refractivity contribution in [3.05, 3.63) is 93.2 Å². The van der Waals surface area contributed by atoms with Crippen molar-refractivity contribution in [2.75, 3.05) is 11.9 Å². The number of rotatable bonds is 6. The lowest BCUT2D eigenvalue weighted by Gasteiger charge is -2.34. The third-order valence-corrected chi connectivity index (χ3v) is 8.78. The van der Waals surface area contributed by atoms with Crippen molar-refractivity contribution in [1.82, 2.24) is 19.4 Å². The Morgan fingerprint density at radius 2 is 1.90 bits per heavy atom. The maximum absolute atomic E-state index is 13.7. The van der Waals surface area contributed by atoms with Crippen LogP contribution in [0.4, 0.5) is 5.69 Å². The number of fused-ring (bicyclic) bond motifs is 3. The van der Waals surface area contributed by atoms with Crippen molar-refractivity contribution in [2.45, 2.75) is 51.6 Å². The Bertz CT molecular complexity index is 1640. The SMILES string of the molecule is CC1CC(c2ccccn2)=C[C@H](C)[C@H]1CN/C(Nc1ccccc1)=c1/c(=O)n(C)c2n(c1=N)[C@H]1CCC[C@H]1N=2. The molecule has 5 atom stereocenters. The molecule has 1 fully saturated rings.